The Morgan fingerprint density at radius 1 is 0.966 bits per heavy atom. The summed E-state index contributed by atoms with van der Waals surface area (Å²) in [5.74, 6) is 0.373. The Morgan fingerprint density at radius 3 is 2.17 bits per heavy atom. The van der Waals surface area contributed by atoms with Crippen molar-refractivity contribution in [2.75, 3.05) is 31.1 Å². The molecule has 0 radical (unpaired) electrons. The summed E-state index contributed by atoms with van der Waals surface area (Å²) in [6.07, 6.45) is 0.160. The van der Waals surface area contributed by atoms with Crippen molar-refractivity contribution >= 4 is 11.6 Å². The molecule has 1 aliphatic rings. The zero-order chi connectivity index (χ0) is 20.4. The van der Waals surface area contributed by atoms with Gasteiger partial charge in [0.2, 0.25) is 11.8 Å². The first kappa shape index (κ1) is 19.1. The van der Waals surface area contributed by atoms with Gasteiger partial charge < -0.3 is 14.2 Å². The molecule has 0 aliphatic carbocycles. The van der Waals surface area contributed by atoms with Crippen LogP contribution in [0.15, 0.2) is 52.9 Å². The average molecular weight is 397 g/mol. The second kappa shape index (κ2) is 8.03. The van der Waals surface area contributed by atoms with Crippen molar-refractivity contribution in [1.29, 1.82) is 0 Å². The fourth-order valence-electron chi connectivity index (χ4n) is 3.43. The van der Waals surface area contributed by atoms with E-state index < -0.39 is 0 Å². The Labute approximate surface area is 167 Å². The molecule has 0 atom stereocenters. The van der Waals surface area contributed by atoms with Crippen LogP contribution in [0.25, 0.3) is 11.5 Å². The van der Waals surface area contributed by atoms with Crippen LogP contribution in [0.1, 0.15) is 11.5 Å². The minimum absolute atomic E-state index is 0.00851. The SMILES string of the molecule is Cc1oc(-c2ccc(F)cc2)nc1CC(=O)N1CCN(c2ccc(F)cc2)CC1. The molecule has 29 heavy (non-hydrogen) atoms. The number of oxazole rings is 1. The lowest BCUT2D eigenvalue weighted by atomic mass is 10.2. The quantitative estimate of drug-likeness (QED) is 0.672. The lowest BCUT2D eigenvalue weighted by Crippen LogP contribution is -2.49. The molecule has 0 N–H and O–H groups in total. The van der Waals surface area contributed by atoms with Crippen molar-refractivity contribution in [3.8, 4) is 11.5 Å². The maximum atomic E-state index is 13.1. The number of piperazine rings is 1. The van der Waals surface area contributed by atoms with Crippen molar-refractivity contribution in [3.63, 3.8) is 0 Å². The number of amides is 1. The zero-order valence-corrected chi connectivity index (χ0v) is 16.1. The number of hydrogen-bond donors (Lipinski definition) is 0. The van der Waals surface area contributed by atoms with E-state index in [0.717, 1.165) is 5.69 Å². The second-order valence-corrected chi connectivity index (χ2v) is 7.05. The molecule has 1 amide bonds. The van der Waals surface area contributed by atoms with Gasteiger partial charge in [-0.1, -0.05) is 0 Å². The van der Waals surface area contributed by atoms with Gasteiger partial charge >= 0.3 is 0 Å². The van der Waals surface area contributed by atoms with Crippen molar-refractivity contribution in [1.82, 2.24) is 9.88 Å². The number of carbonyl (C=O) groups is 1. The number of carbonyl (C=O) groups excluding carboxylic acids is 1. The molecule has 7 heteroatoms. The van der Waals surface area contributed by atoms with Gasteiger partial charge in [-0.2, -0.15) is 0 Å². The van der Waals surface area contributed by atoms with Crippen LogP contribution in [0, 0.1) is 18.6 Å². The third-order valence-electron chi connectivity index (χ3n) is 5.13. The summed E-state index contributed by atoms with van der Waals surface area (Å²) in [7, 11) is 0. The topological polar surface area (TPSA) is 49.6 Å². The summed E-state index contributed by atoms with van der Waals surface area (Å²) < 4.78 is 31.9. The summed E-state index contributed by atoms with van der Waals surface area (Å²) in [6, 6.07) is 12.3. The van der Waals surface area contributed by atoms with Crippen LogP contribution in [-0.2, 0) is 11.2 Å². The number of hydrogen-bond acceptors (Lipinski definition) is 4. The largest absolute Gasteiger partial charge is 0.441 e. The Morgan fingerprint density at radius 2 is 1.55 bits per heavy atom. The van der Waals surface area contributed by atoms with Crippen molar-refractivity contribution in [3.05, 3.63) is 71.6 Å². The molecule has 0 unspecified atom stereocenters. The molecule has 1 aromatic heterocycles. The first-order valence-corrected chi connectivity index (χ1v) is 9.50. The Kier molecular flexibility index (Phi) is 5.29. The fourth-order valence-corrected chi connectivity index (χ4v) is 3.43. The highest BCUT2D eigenvalue weighted by Crippen LogP contribution is 2.23. The van der Waals surface area contributed by atoms with E-state index in [-0.39, 0.29) is 24.0 Å². The third-order valence-corrected chi connectivity index (χ3v) is 5.13. The van der Waals surface area contributed by atoms with Crippen LogP contribution in [0.4, 0.5) is 14.5 Å². The van der Waals surface area contributed by atoms with Gasteiger partial charge in [-0.05, 0) is 55.5 Å². The predicted molar refractivity (Wildman–Crippen MR) is 106 cm³/mol. The van der Waals surface area contributed by atoms with Gasteiger partial charge in [-0.15, -0.1) is 0 Å². The minimum Gasteiger partial charge on any atom is -0.441 e. The van der Waals surface area contributed by atoms with Crippen LogP contribution >= 0.6 is 0 Å². The molecule has 4 rings (SSSR count). The van der Waals surface area contributed by atoms with E-state index in [4.69, 9.17) is 4.42 Å². The molecular formula is C22H21F2N3O2. The van der Waals surface area contributed by atoms with Gasteiger partial charge in [-0.25, -0.2) is 13.8 Å². The van der Waals surface area contributed by atoms with E-state index in [1.165, 1.54) is 24.3 Å². The molecule has 1 aliphatic heterocycles. The number of anilines is 1. The number of halogens is 2. The van der Waals surface area contributed by atoms with Gasteiger partial charge in [0, 0.05) is 37.4 Å². The summed E-state index contributed by atoms with van der Waals surface area (Å²) in [5.41, 5.74) is 2.21. The third kappa shape index (κ3) is 4.29. The van der Waals surface area contributed by atoms with E-state index in [2.05, 4.69) is 9.88 Å². The van der Waals surface area contributed by atoms with Crippen molar-refractivity contribution < 1.29 is 18.0 Å². The zero-order valence-electron chi connectivity index (χ0n) is 16.1. The molecule has 5 nitrogen and oxygen atoms in total. The molecule has 3 aromatic rings. The summed E-state index contributed by atoms with van der Waals surface area (Å²) >= 11 is 0. The Hall–Kier alpha value is -3.22. The normalized spacial score (nSPS) is 14.3. The Balaban J connectivity index is 1.37. The van der Waals surface area contributed by atoms with Crippen LogP contribution in [0.3, 0.4) is 0 Å². The van der Waals surface area contributed by atoms with E-state index in [0.29, 0.717) is 49.1 Å². The molecular weight excluding hydrogens is 376 g/mol. The number of aromatic nitrogens is 1. The van der Waals surface area contributed by atoms with Gasteiger partial charge in [0.1, 0.15) is 17.4 Å². The number of nitrogens with zero attached hydrogens (tertiary/aromatic N) is 3. The number of benzene rings is 2. The molecule has 1 saturated heterocycles. The van der Waals surface area contributed by atoms with Crippen LogP contribution in [0.5, 0.6) is 0 Å². The van der Waals surface area contributed by atoms with Gasteiger partial charge in [0.25, 0.3) is 0 Å². The summed E-state index contributed by atoms with van der Waals surface area (Å²) in [4.78, 5) is 21.1. The van der Waals surface area contributed by atoms with Gasteiger partial charge in [0.15, 0.2) is 0 Å². The number of rotatable bonds is 4. The highest BCUT2D eigenvalue weighted by atomic mass is 19.1. The predicted octanol–water partition coefficient (Wildman–Crippen LogP) is 3.82. The van der Waals surface area contributed by atoms with Crippen LogP contribution in [0.2, 0.25) is 0 Å². The first-order chi connectivity index (χ1) is 14.0. The standard InChI is InChI=1S/C22H21F2N3O2/c1-15-20(25-22(29-15)16-2-4-17(23)5-3-16)14-21(28)27-12-10-26(11-13-27)19-8-6-18(24)7-9-19/h2-9H,10-14H2,1H3. The molecule has 0 saturated carbocycles. The monoisotopic (exact) mass is 397 g/mol. The smallest absolute Gasteiger partial charge is 0.228 e. The first-order valence-electron chi connectivity index (χ1n) is 9.50. The van der Waals surface area contributed by atoms with E-state index in [9.17, 15) is 13.6 Å². The molecule has 2 aromatic carbocycles. The Bertz CT molecular complexity index is 992. The lowest BCUT2D eigenvalue weighted by Gasteiger charge is -2.36. The molecule has 2 heterocycles. The van der Waals surface area contributed by atoms with E-state index in [1.807, 2.05) is 4.90 Å². The summed E-state index contributed by atoms with van der Waals surface area (Å²) in [5, 5.41) is 0. The minimum atomic E-state index is -0.327. The lowest BCUT2D eigenvalue weighted by molar-refractivity contribution is -0.130. The van der Waals surface area contributed by atoms with Crippen LogP contribution in [-0.4, -0.2) is 42.0 Å². The van der Waals surface area contributed by atoms with Crippen molar-refractivity contribution in [2.45, 2.75) is 13.3 Å². The maximum Gasteiger partial charge on any atom is 0.228 e. The highest BCUT2D eigenvalue weighted by Gasteiger charge is 2.23. The molecule has 0 bridgehead atoms. The maximum absolute atomic E-state index is 13.1. The van der Waals surface area contributed by atoms with Crippen molar-refractivity contribution in [2.24, 2.45) is 0 Å². The van der Waals surface area contributed by atoms with Gasteiger partial charge in [0.05, 0.1) is 12.1 Å². The van der Waals surface area contributed by atoms with Crippen LogP contribution < -0.4 is 4.90 Å². The molecule has 1 fully saturated rings. The fraction of sp³-hybridized carbons (Fsp3) is 0.273. The van der Waals surface area contributed by atoms with Gasteiger partial charge in [-0.3, -0.25) is 4.79 Å². The molecule has 0 spiro atoms. The molecule has 150 valence electrons. The number of aryl methyl sites for hydroxylation is 1. The highest BCUT2D eigenvalue weighted by molar-refractivity contribution is 5.79. The average Bonchev–Trinajstić information content (AvgIpc) is 3.09. The van der Waals surface area contributed by atoms with E-state index >= 15 is 0 Å². The summed E-state index contributed by atoms with van der Waals surface area (Å²) in [6.45, 7) is 4.34. The van der Waals surface area contributed by atoms with E-state index in [1.54, 1.807) is 31.2 Å². The second-order valence-electron chi connectivity index (χ2n) is 7.05.